The van der Waals surface area contributed by atoms with E-state index in [4.69, 9.17) is 4.98 Å². The number of aromatic nitrogens is 2. The van der Waals surface area contributed by atoms with Crippen molar-refractivity contribution in [3.63, 3.8) is 0 Å². The van der Waals surface area contributed by atoms with E-state index < -0.39 is 0 Å². The van der Waals surface area contributed by atoms with Crippen LogP contribution in [0.1, 0.15) is 36.5 Å². The second-order valence-electron chi connectivity index (χ2n) is 7.88. The fourth-order valence-corrected chi connectivity index (χ4v) is 3.59. The zero-order valence-corrected chi connectivity index (χ0v) is 17.8. The predicted octanol–water partition coefficient (Wildman–Crippen LogP) is 6.85. The minimum Gasteiger partial charge on any atom is -0.366 e. The Morgan fingerprint density at radius 2 is 1.47 bits per heavy atom. The summed E-state index contributed by atoms with van der Waals surface area (Å²) in [5.74, 6) is 2.07. The van der Waals surface area contributed by atoms with E-state index >= 15 is 0 Å². The highest BCUT2D eigenvalue weighted by Crippen LogP contribution is 2.28. The van der Waals surface area contributed by atoms with Gasteiger partial charge in [0, 0.05) is 23.9 Å². The molecule has 1 aromatic heterocycles. The lowest BCUT2D eigenvalue weighted by Crippen LogP contribution is -2.06. The molecule has 0 amide bonds. The molecule has 3 nitrogen and oxygen atoms in total. The summed E-state index contributed by atoms with van der Waals surface area (Å²) in [4.78, 5) is 9.44. The Morgan fingerprint density at radius 1 is 0.800 bits per heavy atom. The molecule has 0 atom stereocenters. The maximum absolute atomic E-state index is 4.84. The summed E-state index contributed by atoms with van der Waals surface area (Å²) >= 11 is 0. The van der Waals surface area contributed by atoms with E-state index in [1.807, 2.05) is 25.3 Å². The van der Waals surface area contributed by atoms with Crippen molar-refractivity contribution >= 4 is 5.82 Å². The van der Waals surface area contributed by atoms with Crippen LogP contribution in [-0.4, -0.2) is 9.97 Å². The molecule has 0 aliphatic rings. The first-order valence-corrected chi connectivity index (χ1v) is 10.4. The quantitative estimate of drug-likeness (QED) is 0.389. The largest absolute Gasteiger partial charge is 0.366 e. The van der Waals surface area contributed by atoms with Crippen LogP contribution >= 0.6 is 0 Å². The van der Waals surface area contributed by atoms with Gasteiger partial charge in [-0.3, -0.25) is 0 Å². The van der Waals surface area contributed by atoms with E-state index in [2.05, 4.69) is 90.9 Å². The van der Waals surface area contributed by atoms with Gasteiger partial charge < -0.3 is 5.32 Å². The van der Waals surface area contributed by atoms with Crippen LogP contribution < -0.4 is 5.32 Å². The summed E-state index contributed by atoms with van der Waals surface area (Å²) in [6, 6.07) is 27.5. The van der Waals surface area contributed by atoms with Gasteiger partial charge in [-0.1, -0.05) is 92.7 Å². The summed E-state index contributed by atoms with van der Waals surface area (Å²) in [5.41, 5.74) is 7.09. The molecule has 4 aromatic rings. The minimum atomic E-state index is 0.422. The molecule has 1 heterocycles. The van der Waals surface area contributed by atoms with Gasteiger partial charge in [0.15, 0.2) is 5.82 Å². The second-order valence-corrected chi connectivity index (χ2v) is 7.88. The molecule has 4 rings (SSSR count). The van der Waals surface area contributed by atoms with Crippen LogP contribution in [0.3, 0.4) is 0 Å². The summed E-state index contributed by atoms with van der Waals surface area (Å²) in [6.45, 7) is 7.16. The zero-order chi connectivity index (χ0) is 20.9. The molecule has 0 radical (unpaired) electrons. The molecule has 0 spiro atoms. The molecular weight excluding hydrogens is 366 g/mol. The number of anilines is 1. The summed E-state index contributed by atoms with van der Waals surface area (Å²) in [6.07, 6.45) is 1.90. The number of hydrogen-bond acceptors (Lipinski definition) is 3. The van der Waals surface area contributed by atoms with Gasteiger partial charge in [0.05, 0.1) is 0 Å². The lowest BCUT2D eigenvalue weighted by molar-refractivity contribution is 0.866. The Labute approximate surface area is 178 Å². The van der Waals surface area contributed by atoms with Gasteiger partial charge in [0.2, 0.25) is 0 Å². The van der Waals surface area contributed by atoms with Crippen molar-refractivity contribution in [2.45, 2.75) is 33.2 Å². The number of hydrogen-bond donors (Lipinski definition) is 1. The van der Waals surface area contributed by atoms with Crippen molar-refractivity contribution in [1.82, 2.24) is 9.97 Å². The second kappa shape index (κ2) is 8.91. The Hall–Kier alpha value is -3.46. The zero-order valence-electron chi connectivity index (χ0n) is 17.8. The molecule has 1 N–H and O–H groups in total. The topological polar surface area (TPSA) is 37.8 Å². The molecular formula is C27H27N3. The molecule has 0 aliphatic heterocycles. The summed E-state index contributed by atoms with van der Waals surface area (Å²) < 4.78 is 0. The highest BCUT2D eigenvalue weighted by Gasteiger charge is 2.12. The average molecular weight is 394 g/mol. The number of nitrogens with one attached hydrogen (secondary N) is 1. The first-order chi connectivity index (χ1) is 14.6. The molecule has 150 valence electrons. The molecule has 0 saturated carbocycles. The molecule has 0 bridgehead atoms. The first kappa shape index (κ1) is 19.8. The third kappa shape index (κ3) is 4.41. The fourth-order valence-electron chi connectivity index (χ4n) is 3.59. The van der Waals surface area contributed by atoms with Gasteiger partial charge in [-0.05, 0) is 35.1 Å². The van der Waals surface area contributed by atoms with Crippen LogP contribution in [0, 0.1) is 6.92 Å². The van der Waals surface area contributed by atoms with Gasteiger partial charge in [-0.15, -0.1) is 0 Å². The molecule has 0 unspecified atom stereocenters. The monoisotopic (exact) mass is 393 g/mol. The Bertz CT molecular complexity index is 1120. The van der Waals surface area contributed by atoms with Gasteiger partial charge >= 0.3 is 0 Å². The van der Waals surface area contributed by atoms with E-state index in [0.717, 1.165) is 29.3 Å². The van der Waals surface area contributed by atoms with Crippen molar-refractivity contribution in [2.24, 2.45) is 0 Å². The van der Waals surface area contributed by atoms with E-state index in [1.165, 1.54) is 22.3 Å². The van der Waals surface area contributed by atoms with Gasteiger partial charge in [-0.2, -0.15) is 0 Å². The van der Waals surface area contributed by atoms with Crippen molar-refractivity contribution in [3.8, 4) is 22.5 Å². The SMILES string of the molecule is Cc1cnc(-c2ccccc2C(C)C)nc1NCc1ccc(-c2ccccc2)cc1. The van der Waals surface area contributed by atoms with Gasteiger partial charge in [0.25, 0.3) is 0 Å². The van der Waals surface area contributed by atoms with Crippen LogP contribution in [0.5, 0.6) is 0 Å². The first-order valence-electron chi connectivity index (χ1n) is 10.4. The van der Waals surface area contributed by atoms with Crippen LogP contribution in [0.4, 0.5) is 5.82 Å². The van der Waals surface area contributed by atoms with Crippen molar-refractivity contribution in [3.05, 3.63) is 102 Å². The number of benzene rings is 3. The van der Waals surface area contributed by atoms with Crippen molar-refractivity contribution in [1.29, 1.82) is 0 Å². The lowest BCUT2D eigenvalue weighted by atomic mass is 9.97. The predicted molar refractivity (Wildman–Crippen MR) is 125 cm³/mol. The molecule has 0 aliphatic carbocycles. The summed E-state index contributed by atoms with van der Waals surface area (Å²) in [7, 11) is 0. The van der Waals surface area contributed by atoms with E-state index in [0.29, 0.717) is 5.92 Å². The highest BCUT2D eigenvalue weighted by molar-refractivity contribution is 5.64. The molecule has 0 saturated heterocycles. The van der Waals surface area contributed by atoms with Crippen LogP contribution in [-0.2, 0) is 6.54 Å². The third-order valence-electron chi connectivity index (χ3n) is 5.32. The van der Waals surface area contributed by atoms with Gasteiger partial charge in [-0.25, -0.2) is 9.97 Å². The molecule has 0 fully saturated rings. The lowest BCUT2D eigenvalue weighted by Gasteiger charge is -2.14. The van der Waals surface area contributed by atoms with Gasteiger partial charge in [0.1, 0.15) is 5.82 Å². The highest BCUT2D eigenvalue weighted by atomic mass is 15.0. The van der Waals surface area contributed by atoms with Crippen LogP contribution in [0.25, 0.3) is 22.5 Å². The summed E-state index contributed by atoms with van der Waals surface area (Å²) in [5, 5.41) is 3.50. The van der Waals surface area contributed by atoms with Crippen LogP contribution in [0.15, 0.2) is 85.1 Å². The van der Waals surface area contributed by atoms with Crippen molar-refractivity contribution in [2.75, 3.05) is 5.32 Å². The Balaban J connectivity index is 1.52. The number of nitrogens with zero attached hydrogens (tertiary/aromatic N) is 2. The maximum atomic E-state index is 4.84. The number of aryl methyl sites for hydroxylation is 1. The van der Waals surface area contributed by atoms with Crippen LogP contribution in [0.2, 0.25) is 0 Å². The minimum absolute atomic E-state index is 0.422. The standard InChI is InChI=1S/C27H27N3/c1-19(2)24-11-7-8-12-25(24)27-28-17-20(3)26(30-27)29-18-21-13-15-23(16-14-21)22-9-5-4-6-10-22/h4-17,19H,18H2,1-3H3,(H,28,29,30). The normalized spacial score (nSPS) is 10.9. The number of rotatable bonds is 6. The molecule has 3 aromatic carbocycles. The maximum Gasteiger partial charge on any atom is 0.161 e. The molecule has 30 heavy (non-hydrogen) atoms. The third-order valence-corrected chi connectivity index (χ3v) is 5.32. The Kier molecular flexibility index (Phi) is 5.89. The van der Waals surface area contributed by atoms with E-state index in [-0.39, 0.29) is 0 Å². The molecule has 3 heteroatoms. The van der Waals surface area contributed by atoms with Crippen molar-refractivity contribution < 1.29 is 0 Å². The average Bonchev–Trinajstić information content (AvgIpc) is 2.79. The fraction of sp³-hybridized carbons (Fsp3) is 0.185. The smallest absolute Gasteiger partial charge is 0.161 e. The van der Waals surface area contributed by atoms with E-state index in [1.54, 1.807) is 0 Å². The Morgan fingerprint density at radius 3 is 2.20 bits per heavy atom. The van der Waals surface area contributed by atoms with E-state index in [9.17, 15) is 0 Å².